The zero-order valence-corrected chi connectivity index (χ0v) is 19.3. The van der Waals surface area contributed by atoms with Crippen LogP contribution in [-0.2, 0) is 5.75 Å². The van der Waals surface area contributed by atoms with Crippen LogP contribution in [0.2, 0.25) is 0 Å². The van der Waals surface area contributed by atoms with Gasteiger partial charge in [-0.25, -0.2) is 9.37 Å². The number of hydrogen-bond acceptors (Lipinski definition) is 7. The Kier molecular flexibility index (Phi) is 5.84. The van der Waals surface area contributed by atoms with Crippen molar-refractivity contribution < 1.29 is 13.9 Å². The predicted molar refractivity (Wildman–Crippen MR) is 124 cm³/mol. The summed E-state index contributed by atoms with van der Waals surface area (Å²) in [5, 5.41) is 12.5. The molecule has 0 unspecified atom stereocenters. The molecule has 0 saturated heterocycles. The van der Waals surface area contributed by atoms with E-state index in [9.17, 15) is 4.39 Å². The number of nitrogens with zero attached hydrogens (tertiary/aromatic N) is 4. The molecule has 0 aliphatic heterocycles. The van der Waals surface area contributed by atoms with Gasteiger partial charge in [0.2, 0.25) is 0 Å². The topological polar surface area (TPSA) is 62.1 Å². The molecule has 0 amide bonds. The molecule has 164 valence electrons. The third-order valence-electron chi connectivity index (χ3n) is 5.22. The van der Waals surface area contributed by atoms with Crippen molar-refractivity contribution >= 4 is 23.1 Å². The highest BCUT2D eigenvalue weighted by molar-refractivity contribution is 7.98. The lowest BCUT2D eigenvalue weighted by Gasteiger charge is -2.09. The van der Waals surface area contributed by atoms with E-state index in [-0.39, 0.29) is 5.82 Å². The van der Waals surface area contributed by atoms with Gasteiger partial charge >= 0.3 is 0 Å². The number of aromatic nitrogens is 4. The number of halogens is 1. The molecule has 32 heavy (non-hydrogen) atoms. The van der Waals surface area contributed by atoms with E-state index in [1.807, 2.05) is 24.3 Å². The molecule has 2 heterocycles. The van der Waals surface area contributed by atoms with Crippen LogP contribution in [0.25, 0.3) is 22.0 Å². The lowest BCUT2D eigenvalue weighted by Crippen LogP contribution is -2.01. The van der Waals surface area contributed by atoms with Gasteiger partial charge in [0, 0.05) is 22.7 Å². The Balaban J connectivity index is 1.35. The molecule has 4 aromatic rings. The molecule has 0 spiro atoms. The van der Waals surface area contributed by atoms with Crippen LogP contribution in [0.1, 0.15) is 24.6 Å². The number of thioether (sulfide) groups is 1. The summed E-state index contributed by atoms with van der Waals surface area (Å²) in [6, 6.07) is 12.8. The van der Waals surface area contributed by atoms with Crippen LogP contribution in [0.5, 0.6) is 11.5 Å². The molecule has 1 saturated carbocycles. The van der Waals surface area contributed by atoms with Crippen molar-refractivity contribution in [1.82, 2.24) is 19.7 Å². The largest absolute Gasteiger partial charge is 0.493 e. The first-order valence-electron chi connectivity index (χ1n) is 10.2. The third kappa shape index (κ3) is 4.10. The number of methoxy groups -OCH3 is 2. The molecule has 1 aliphatic carbocycles. The number of ether oxygens (including phenoxy) is 2. The van der Waals surface area contributed by atoms with Gasteiger partial charge in [0.05, 0.1) is 25.5 Å². The molecule has 1 fully saturated rings. The van der Waals surface area contributed by atoms with E-state index in [2.05, 4.69) is 20.1 Å². The highest BCUT2D eigenvalue weighted by Gasteiger charge is 2.31. The molecule has 0 radical (unpaired) electrons. The van der Waals surface area contributed by atoms with Crippen molar-refractivity contribution in [3.05, 3.63) is 59.4 Å². The first kappa shape index (κ1) is 21.0. The van der Waals surface area contributed by atoms with Gasteiger partial charge in [-0.3, -0.25) is 4.57 Å². The van der Waals surface area contributed by atoms with Gasteiger partial charge in [-0.15, -0.1) is 21.5 Å². The minimum Gasteiger partial charge on any atom is -0.493 e. The van der Waals surface area contributed by atoms with Crippen molar-refractivity contribution in [1.29, 1.82) is 0 Å². The highest BCUT2D eigenvalue weighted by atomic mass is 32.2. The van der Waals surface area contributed by atoms with Gasteiger partial charge in [-0.2, -0.15) is 0 Å². The van der Waals surface area contributed by atoms with E-state index in [1.165, 1.54) is 6.07 Å². The summed E-state index contributed by atoms with van der Waals surface area (Å²) in [4.78, 5) is 4.78. The van der Waals surface area contributed by atoms with E-state index in [4.69, 9.17) is 14.5 Å². The fraction of sp³-hybridized carbons (Fsp3) is 0.261. The smallest absolute Gasteiger partial charge is 0.192 e. The zero-order valence-electron chi connectivity index (χ0n) is 17.6. The summed E-state index contributed by atoms with van der Waals surface area (Å²) in [6.07, 6.45) is 2.13. The van der Waals surface area contributed by atoms with E-state index in [0.717, 1.165) is 34.3 Å². The van der Waals surface area contributed by atoms with Crippen molar-refractivity contribution in [2.45, 2.75) is 29.8 Å². The second kappa shape index (κ2) is 8.91. The summed E-state index contributed by atoms with van der Waals surface area (Å²) in [6.45, 7) is 0. The van der Waals surface area contributed by atoms with Crippen molar-refractivity contribution in [2.24, 2.45) is 0 Å². The molecular formula is C23H21FN4O2S2. The summed E-state index contributed by atoms with van der Waals surface area (Å²) in [7, 11) is 3.24. The summed E-state index contributed by atoms with van der Waals surface area (Å²) in [5.41, 5.74) is 2.43. The Morgan fingerprint density at radius 2 is 1.91 bits per heavy atom. The molecule has 0 atom stereocenters. The maximum Gasteiger partial charge on any atom is 0.192 e. The number of hydrogen-bond donors (Lipinski definition) is 0. The Labute approximate surface area is 193 Å². The Morgan fingerprint density at radius 1 is 1.09 bits per heavy atom. The van der Waals surface area contributed by atoms with Gasteiger partial charge < -0.3 is 9.47 Å². The Bertz CT molecular complexity index is 1250. The maximum atomic E-state index is 14.4. The quantitative estimate of drug-likeness (QED) is 0.302. The van der Waals surface area contributed by atoms with Crippen LogP contribution in [0.4, 0.5) is 4.39 Å². The monoisotopic (exact) mass is 468 g/mol. The second-order valence-electron chi connectivity index (χ2n) is 7.39. The Hall–Kier alpha value is -2.91. The van der Waals surface area contributed by atoms with E-state index in [1.54, 1.807) is 49.5 Å². The van der Waals surface area contributed by atoms with Gasteiger partial charge in [0.25, 0.3) is 0 Å². The standard InChI is InChI=1S/C23H21FN4O2S2/c1-29-19-10-7-14(11-20(19)30-2)22-25-15(12-31-22)13-32-23-27-26-21(28(23)16-8-9-16)17-5-3-4-6-18(17)24/h3-7,10-12,16H,8-9,13H2,1-2H3. The first-order valence-corrected chi connectivity index (χ1v) is 12.0. The summed E-state index contributed by atoms with van der Waals surface area (Å²) >= 11 is 3.16. The molecule has 2 aromatic heterocycles. The molecule has 5 rings (SSSR count). The van der Waals surface area contributed by atoms with Crippen LogP contribution < -0.4 is 9.47 Å². The molecule has 2 aromatic carbocycles. The molecule has 1 aliphatic rings. The van der Waals surface area contributed by atoms with Crippen LogP contribution in [-0.4, -0.2) is 34.0 Å². The van der Waals surface area contributed by atoms with E-state index in [0.29, 0.717) is 34.7 Å². The van der Waals surface area contributed by atoms with E-state index < -0.39 is 0 Å². The third-order valence-corrected chi connectivity index (χ3v) is 7.14. The minimum atomic E-state index is -0.280. The van der Waals surface area contributed by atoms with Crippen LogP contribution in [0, 0.1) is 5.82 Å². The number of rotatable bonds is 8. The lowest BCUT2D eigenvalue weighted by atomic mass is 10.2. The molecule has 0 bridgehead atoms. The first-order chi connectivity index (χ1) is 15.7. The normalized spacial score (nSPS) is 13.3. The van der Waals surface area contributed by atoms with Crippen LogP contribution >= 0.6 is 23.1 Å². The molecule has 0 N–H and O–H groups in total. The average Bonchev–Trinajstić information content (AvgIpc) is 3.39. The van der Waals surface area contributed by atoms with Gasteiger partial charge in [-0.05, 0) is 43.2 Å². The van der Waals surface area contributed by atoms with Gasteiger partial charge in [0.15, 0.2) is 22.5 Å². The van der Waals surface area contributed by atoms with Crippen molar-refractivity contribution in [2.75, 3.05) is 14.2 Å². The van der Waals surface area contributed by atoms with E-state index >= 15 is 0 Å². The van der Waals surface area contributed by atoms with Crippen molar-refractivity contribution in [3.63, 3.8) is 0 Å². The predicted octanol–water partition coefficient (Wildman–Crippen LogP) is 5.85. The SMILES string of the molecule is COc1ccc(-c2nc(CSc3nnc(-c4ccccc4F)n3C3CC3)cs2)cc1OC. The minimum absolute atomic E-state index is 0.280. The fourth-order valence-electron chi connectivity index (χ4n) is 3.48. The maximum absolute atomic E-state index is 14.4. The van der Waals surface area contributed by atoms with Gasteiger partial charge in [-0.1, -0.05) is 23.9 Å². The van der Waals surface area contributed by atoms with Crippen LogP contribution in [0.15, 0.2) is 53.0 Å². The summed E-state index contributed by atoms with van der Waals surface area (Å²) in [5.74, 6) is 2.34. The highest BCUT2D eigenvalue weighted by Crippen LogP contribution is 2.42. The lowest BCUT2D eigenvalue weighted by molar-refractivity contribution is 0.355. The molecule has 9 heteroatoms. The van der Waals surface area contributed by atoms with Gasteiger partial charge in [0.1, 0.15) is 10.8 Å². The second-order valence-corrected chi connectivity index (χ2v) is 9.19. The number of thiazole rings is 1. The fourth-order valence-corrected chi connectivity index (χ4v) is 5.30. The van der Waals surface area contributed by atoms with Crippen molar-refractivity contribution in [3.8, 4) is 33.5 Å². The molecule has 6 nitrogen and oxygen atoms in total. The number of benzene rings is 2. The zero-order chi connectivity index (χ0) is 22.1. The average molecular weight is 469 g/mol. The molecular weight excluding hydrogens is 447 g/mol. The Morgan fingerprint density at radius 3 is 2.66 bits per heavy atom. The van der Waals surface area contributed by atoms with Crippen LogP contribution in [0.3, 0.4) is 0 Å². The summed E-state index contributed by atoms with van der Waals surface area (Å²) < 4.78 is 27.1.